The van der Waals surface area contributed by atoms with E-state index >= 15 is 0 Å². The predicted octanol–water partition coefficient (Wildman–Crippen LogP) is 2.65. The van der Waals surface area contributed by atoms with Crippen molar-refractivity contribution in [3.05, 3.63) is 35.4 Å². The summed E-state index contributed by atoms with van der Waals surface area (Å²) in [5.41, 5.74) is -0.180. The van der Waals surface area contributed by atoms with Gasteiger partial charge in [-0.2, -0.15) is 0 Å². The third-order valence-electron chi connectivity index (χ3n) is 3.89. The molecule has 0 saturated carbocycles. The predicted molar refractivity (Wildman–Crippen MR) is 66.6 cm³/mol. The van der Waals surface area contributed by atoms with Gasteiger partial charge < -0.3 is 5.11 Å². The number of carboxylic acid groups (broad SMARTS) is 1. The van der Waals surface area contributed by atoms with E-state index in [0.29, 0.717) is 38.0 Å². The lowest BCUT2D eigenvalue weighted by Crippen LogP contribution is -2.33. The molecule has 1 saturated heterocycles. The van der Waals surface area contributed by atoms with E-state index in [0.717, 1.165) is 6.07 Å². The lowest BCUT2D eigenvalue weighted by molar-refractivity contribution is -0.148. The van der Waals surface area contributed by atoms with Gasteiger partial charge in [-0.1, -0.05) is 6.92 Å². The van der Waals surface area contributed by atoms with Crippen LogP contribution in [0.1, 0.15) is 25.3 Å². The molecule has 1 fully saturated rings. The fourth-order valence-electron chi connectivity index (χ4n) is 2.67. The Bertz CT molecular complexity index is 472. The van der Waals surface area contributed by atoms with Gasteiger partial charge in [0.05, 0.1) is 5.41 Å². The number of aliphatic carboxylic acids is 1. The maximum absolute atomic E-state index is 13.1. The van der Waals surface area contributed by atoms with Gasteiger partial charge in [0.1, 0.15) is 11.6 Å². The monoisotopic (exact) mass is 269 g/mol. The number of benzene rings is 1. The molecule has 2 rings (SSSR count). The Morgan fingerprint density at radius 2 is 2.00 bits per heavy atom. The Morgan fingerprint density at radius 3 is 2.47 bits per heavy atom. The van der Waals surface area contributed by atoms with Crippen LogP contribution < -0.4 is 0 Å². The molecule has 1 aliphatic heterocycles. The van der Waals surface area contributed by atoms with E-state index in [2.05, 4.69) is 0 Å². The molecule has 1 aromatic carbocycles. The van der Waals surface area contributed by atoms with Crippen LogP contribution in [-0.2, 0) is 11.3 Å². The van der Waals surface area contributed by atoms with Gasteiger partial charge in [-0.3, -0.25) is 9.69 Å². The number of carboxylic acids is 1. The molecule has 0 radical (unpaired) electrons. The van der Waals surface area contributed by atoms with Crippen molar-refractivity contribution in [2.75, 3.05) is 13.1 Å². The highest BCUT2D eigenvalue weighted by Gasteiger charge is 2.43. The number of hydrogen-bond donors (Lipinski definition) is 1. The number of rotatable bonds is 4. The van der Waals surface area contributed by atoms with E-state index in [1.165, 1.54) is 12.1 Å². The van der Waals surface area contributed by atoms with Crippen LogP contribution >= 0.6 is 0 Å². The summed E-state index contributed by atoms with van der Waals surface area (Å²) in [4.78, 5) is 13.3. The summed E-state index contributed by atoms with van der Waals surface area (Å²) in [6, 6.07) is 3.41. The highest BCUT2D eigenvalue weighted by atomic mass is 19.1. The van der Waals surface area contributed by atoms with Crippen molar-refractivity contribution >= 4 is 5.97 Å². The normalized spacial score (nSPS) is 23.7. The number of nitrogens with zero attached hydrogens (tertiary/aromatic N) is 1. The Hall–Kier alpha value is -1.49. The summed E-state index contributed by atoms with van der Waals surface area (Å²) >= 11 is 0. The summed E-state index contributed by atoms with van der Waals surface area (Å²) < 4.78 is 26.2. The highest BCUT2D eigenvalue weighted by Crippen LogP contribution is 2.34. The third-order valence-corrected chi connectivity index (χ3v) is 3.89. The Morgan fingerprint density at radius 1 is 1.37 bits per heavy atom. The van der Waals surface area contributed by atoms with Gasteiger partial charge in [0.15, 0.2) is 0 Å². The lowest BCUT2D eigenvalue weighted by Gasteiger charge is -2.23. The van der Waals surface area contributed by atoms with E-state index in [1.54, 1.807) is 0 Å². The molecule has 0 aromatic heterocycles. The molecule has 3 nitrogen and oxygen atoms in total. The van der Waals surface area contributed by atoms with Crippen LogP contribution in [-0.4, -0.2) is 29.1 Å². The Kier molecular flexibility index (Phi) is 3.85. The van der Waals surface area contributed by atoms with Crippen molar-refractivity contribution in [3.63, 3.8) is 0 Å². The van der Waals surface area contributed by atoms with Gasteiger partial charge in [-0.25, -0.2) is 8.78 Å². The van der Waals surface area contributed by atoms with E-state index < -0.39 is 23.0 Å². The summed E-state index contributed by atoms with van der Waals surface area (Å²) in [6.07, 6.45) is 1.15. The van der Waals surface area contributed by atoms with Crippen molar-refractivity contribution in [2.24, 2.45) is 5.41 Å². The molecule has 1 heterocycles. The average Bonchev–Trinajstić information content (AvgIpc) is 2.72. The zero-order chi connectivity index (χ0) is 14.0. The first-order valence-electron chi connectivity index (χ1n) is 6.36. The van der Waals surface area contributed by atoms with Crippen LogP contribution in [0.3, 0.4) is 0 Å². The van der Waals surface area contributed by atoms with E-state index in [1.807, 2.05) is 11.8 Å². The number of likely N-dealkylation sites (tertiary alicyclic amines) is 1. The minimum absolute atomic E-state index is 0.379. The van der Waals surface area contributed by atoms with Gasteiger partial charge >= 0.3 is 5.97 Å². The van der Waals surface area contributed by atoms with Crippen LogP contribution in [0.2, 0.25) is 0 Å². The highest BCUT2D eigenvalue weighted by molar-refractivity contribution is 5.75. The first-order valence-corrected chi connectivity index (χ1v) is 6.36. The maximum Gasteiger partial charge on any atom is 0.310 e. The van der Waals surface area contributed by atoms with E-state index in [-0.39, 0.29) is 0 Å². The fourth-order valence-corrected chi connectivity index (χ4v) is 2.67. The summed E-state index contributed by atoms with van der Waals surface area (Å²) in [5, 5.41) is 9.29. The molecule has 0 spiro atoms. The van der Waals surface area contributed by atoms with Gasteiger partial charge in [0, 0.05) is 19.2 Å². The smallest absolute Gasteiger partial charge is 0.310 e. The molecule has 0 bridgehead atoms. The second-order valence-corrected chi connectivity index (χ2v) is 5.18. The average molecular weight is 269 g/mol. The minimum Gasteiger partial charge on any atom is -0.481 e. The quantitative estimate of drug-likeness (QED) is 0.913. The van der Waals surface area contributed by atoms with E-state index in [9.17, 15) is 18.7 Å². The van der Waals surface area contributed by atoms with Crippen LogP contribution in [0.25, 0.3) is 0 Å². The molecule has 1 unspecified atom stereocenters. The van der Waals surface area contributed by atoms with Crippen LogP contribution in [0, 0.1) is 17.0 Å². The zero-order valence-corrected chi connectivity index (χ0v) is 10.8. The number of hydrogen-bond acceptors (Lipinski definition) is 2. The Balaban J connectivity index is 2.08. The molecule has 5 heteroatoms. The standard InChI is InChI=1S/C14H17F2NO2/c1-2-14(13(18)19)3-4-17(9-14)8-10-5-11(15)7-12(16)6-10/h5-7H,2-4,8-9H2,1H3,(H,18,19). The third kappa shape index (κ3) is 2.92. The number of carbonyl (C=O) groups is 1. The Labute approximate surface area is 110 Å². The molecular weight excluding hydrogens is 252 g/mol. The largest absolute Gasteiger partial charge is 0.481 e. The molecule has 104 valence electrons. The molecule has 1 aliphatic rings. The second kappa shape index (κ2) is 5.25. The zero-order valence-electron chi connectivity index (χ0n) is 10.8. The topological polar surface area (TPSA) is 40.5 Å². The molecular formula is C14H17F2NO2. The van der Waals surface area contributed by atoms with Crippen LogP contribution in [0.5, 0.6) is 0 Å². The lowest BCUT2D eigenvalue weighted by atomic mass is 9.84. The van der Waals surface area contributed by atoms with Gasteiger partial charge in [0.25, 0.3) is 0 Å². The minimum atomic E-state index is -0.789. The van der Waals surface area contributed by atoms with Crippen molar-refractivity contribution in [1.82, 2.24) is 4.90 Å². The van der Waals surface area contributed by atoms with Gasteiger partial charge in [0.2, 0.25) is 0 Å². The van der Waals surface area contributed by atoms with Crippen molar-refractivity contribution in [1.29, 1.82) is 0 Å². The molecule has 0 aliphatic carbocycles. The van der Waals surface area contributed by atoms with Crippen LogP contribution in [0.4, 0.5) is 8.78 Å². The summed E-state index contributed by atoms with van der Waals surface area (Å²) in [7, 11) is 0. The maximum atomic E-state index is 13.1. The van der Waals surface area contributed by atoms with Gasteiger partial charge in [-0.15, -0.1) is 0 Å². The van der Waals surface area contributed by atoms with E-state index in [4.69, 9.17) is 0 Å². The fraction of sp³-hybridized carbons (Fsp3) is 0.500. The van der Waals surface area contributed by atoms with Gasteiger partial charge in [-0.05, 0) is 37.1 Å². The first-order chi connectivity index (χ1) is 8.95. The SMILES string of the molecule is CCC1(C(=O)O)CCN(Cc2cc(F)cc(F)c2)C1. The molecule has 19 heavy (non-hydrogen) atoms. The summed E-state index contributed by atoms with van der Waals surface area (Å²) in [6.45, 7) is 3.30. The van der Waals surface area contributed by atoms with Crippen molar-refractivity contribution in [2.45, 2.75) is 26.3 Å². The molecule has 1 aromatic rings. The van der Waals surface area contributed by atoms with Crippen molar-refractivity contribution < 1.29 is 18.7 Å². The molecule has 1 N–H and O–H groups in total. The van der Waals surface area contributed by atoms with Crippen LogP contribution in [0.15, 0.2) is 18.2 Å². The molecule has 0 amide bonds. The second-order valence-electron chi connectivity index (χ2n) is 5.18. The number of halogens is 2. The molecule has 1 atom stereocenters. The summed E-state index contributed by atoms with van der Waals surface area (Å²) in [5.74, 6) is -1.99. The van der Waals surface area contributed by atoms with Crippen molar-refractivity contribution in [3.8, 4) is 0 Å². The first kappa shape index (κ1) is 13.9.